The van der Waals surface area contributed by atoms with Crippen molar-refractivity contribution in [1.29, 1.82) is 0 Å². The second-order valence-electron chi connectivity index (χ2n) is 6.72. The predicted octanol–water partition coefficient (Wildman–Crippen LogP) is 3.88. The molecule has 1 saturated carbocycles. The zero-order valence-corrected chi connectivity index (χ0v) is 15.0. The van der Waals surface area contributed by atoms with E-state index < -0.39 is 0 Å². The van der Waals surface area contributed by atoms with Gasteiger partial charge in [-0.3, -0.25) is 9.59 Å². The van der Waals surface area contributed by atoms with Crippen LogP contribution in [0, 0.1) is 0 Å². The Labute approximate surface area is 153 Å². The van der Waals surface area contributed by atoms with E-state index in [4.69, 9.17) is 0 Å². The maximum Gasteiger partial charge on any atom is 0.254 e. The van der Waals surface area contributed by atoms with Crippen molar-refractivity contribution in [3.8, 4) is 0 Å². The first kappa shape index (κ1) is 18.0. The van der Waals surface area contributed by atoms with Crippen LogP contribution in [-0.2, 0) is 0 Å². The van der Waals surface area contributed by atoms with Crippen molar-refractivity contribution < 1.29 is 9.59 Å². The van der Waals surface area contributed by atoms with E-state index in [1.165, 1.54) is 45.0 Å². The molecule has 0 unspecified atom stereocenters. The first-order chi connectivity index (χ1) is 12.6. The van der Waals surface area contributed by atoms with Crippen LogP contribution in [0.5, 0.6) is 0 Å². The molecule has 1 aromatic carbocycles. The molecule has 1 fully saturated rings. The Balaban J connectivity index is 1.58. The lowest BCUT2D eigenvalue weighted by atomic mass is 10.1. The third-order valence-electron chi connectivity index (χ3n) is 4.65. The Morgan fingerprint density at radius 1 is 0.923 bits per heavy atom. The van der Waals surface area contributed by atoms with Gasteiger partial charge in [-0.2, -0.15) is 0 Å². The molecule has 1 aliphatic carbocycles. The van der Waals surface area contributed by atoms with Crippen LogP contribution in [0.2, 0.25) is 0 Å². The molecular weight excluding hydrogens is 328 g/mol. The minimum absolute atomic E-state index is 0.0248. The largest absolute Gasteiger partial charge is 0.349 e. The molecule has 136 valence electrons. The van der Waals surface area contributed by atoms with Gasteiger partial charge < -0.3 is 10.6 Å². The minimum atomic E-state index is -0.116. The molecule has 1 aliphatic rings. The molecule has 1 amide bonds. The second-order valence-corrected chi connectivity index (χ2v) is 6.72. The number of carbonyl (C=O) groups is 2. The maximum absolute atomic E-state index is 12.4. The van der Waals surface area contributed by atoms with E-state index in [1.807, 2.05) is 0 Å². The molecule has 0 atom stereocenters. The van der Waals surface area contributed by atoms with Gasteiger partial charge in [-0.25, -0.2) is 9.97 Å². The quantitative estimate of drug-likeness (QED) is 0.630. The van der Waals surface area contributed by atoms with Gasteiger partial charge in [0.05, 0.1) is 5.56 Å². The minimum Gasteiger partial charge on any atom is -0.349 e. The molecular formula is C20H24N4O2. The first-order valence-corrected chi connectivity index (χ1v) is 9.13. The summed E-state index contributed by atoms with van der Waals surface area (Å²) in [6.07, 6.45) is 10.0. The maximum atomic E-state index is 12.4. The topological polar surface area (TPSA) is 84.0 Å². The van der Waals surface area contributed by atoms with Gasteiger partial charge in [0, 0.05) is 29.7 Å². The fraction of sp³-hybridized carbons (Fsp3) is 0.400. The van der Waals surface area contributed by atoms with Gasteiger partial charge >= 0.3 is 0 Å². The predicted molar refractivity (Wildman–Crippen MR) is 101 cm³/mol. The summed E-state index contributed by atoms with van der Waals surface area (Å²) in [4.78, 5) is 32.1. The summed E-state index contributed by atoms with van der Waals surface area (Å²) in [7, 11) is 0. The lowest BCUT2D eigenvalue weighted by Crippen LogP contribution is -2.34. The smallest absolute Gasteiger partial charge is 0.254 e. The number of nitrogens with one attached hydrogen (secondary N) is 2. The molecule has 2 N–H and O–H groups in total. The van der Waals surface area contributed by atoms with E-state index in [0.717, 1.165) is 18.5 Å². The summed E-state index contributed by atoms with van der Waals surface area (Å²) >= 11 is 0. The number of aromatic nitrogens is 2. The van der Waals surface area contributed by atoms with Gasteiger partial charge in [0.1, 0.15) is 0 Å². The molecule has 1 heterocycles. The average Bonchev–Trinajstić information content (AvgIpc) is 2.91. The Hall–Kier alpha value is -2.76. The summed E-state index contributed by atoms with van der Waals surface area (Å²) in [6, 6.07) is 7.35. The number of amides is 1. The van der Waals surface area contributed by atoms with E-state index in [1.54, 1.807) is 24.3 Å². The van der Waals surface area contributed by atoms with Crippen molar-refractivity contribution in [2.24, 2.45) is 0 Å². The number of rotatable bonds is 5. The van der Waals surface area contributed by atoms with E-state index in [0.29, 0.717) is 17.1 Å². The Morgan fingerprint density at radius 3 is 2.12 bits per heavy atom. The Kier molecular flexibility index (Phi) is 5.94. The van der Waals surface area contributed by atoms with Crippen LogP contribution < -0.4 is 10.6 Å². The van der Waals surface area contributed by atoms with Crippen molar-refractivity contribution in [2.45, 2.75) is 51.5 Å². The van der Waals surface area contributed by atoms with Crippen LogP contribution in [0.25, 0.3) is 0 Å². The van der Waals surface area contributed by atoms with Crippen LogP contribution in [0.3, 0.4) is 0 Å². The van der Waals surface area contributed by atoms with Gasteiger partial charge in [-0.15, -0.1) is 0 Å². The summed E-state index contributed by atoms with van der Waals surface area (Å²) in [6.45, 7) is 1.53. The number of hydrogen-bond donors (Lipinski definition) is 2. The molecule has 0 aliphatic heterocycles. The molecule has 3 rings (SSSR count). The molecule has 0 radical (unpaired) electrons. The van der Waals surface area contributed by atoms with Gasteiger partial charge in [-0.1, -0.05) is 25.7 Å². The number of anilines is 2. The lowest BCUT2D eigenvalue weighted by Gasteiger charge is -2.16. The van der Waals surface area contributed by atoms with Crippen molar-refractivity contribution in [1.82, 2.24) is 15.3 Å². The summed E-state index contributed by atoms with van der Waals surface area (Å²) in [5, 5.41) is 6.15. The highest BCUT2D eigenvalue weighted by Crippen LogP contribution is 2.18. The van der Waals surface area contributed by atoms with E-state index in [2.05, 4.69) is 20.6 Å². The molecule has 0 spiro atoms. The number of Topliss-reactive ketones (excluding diaryl/α,β-unsaturated/α-hetero) is 1. The highest BCUT2D eigenvalue weighted by molar-refractivity contribution is 5.94. The van der Waals surface area contributed by atoms with E-state index in [-0.39, 0.29) is 17.7 Å². The molecule has 26 heavy (non-hydrogen) atoms. The molecule has 0 bridgehead atoms. The standard InChI is InChI=1S/C20H24N4O2/c1-14(25)15-8-10-18(11-9-15)24-20-21-12-16(13-22-20)19(26)23-17-6-4-2-3-5-7-17/h8-13,17H,2-7H2,1H3,(H,23,26)(H,21,22,24). The first-order valence-electron chi connectivity index (χ1n) is 9.13. The van der Waals surface area contributed by atoms with Crippen LogP contribution in [-0.4, -0.2) is 27.7 Å². The number of ketones is 1. The summed E-state index contributed by atoms with van der Waals surface area (Å²) in [5.41, 5.74) is 1.90. The number of benzene rings is 1. The SMILES string of the molecule is CC(=O)c1ccc(Nc2ncc(C(=O)NC3CCCCCC3)cn2)cc1. The highest BCUT2D eigenvalue weighted by atomic mass is 16.1. The fourth-order valence-corrected chi connectivity index (χ4v) is 3.12. The fourth-order valence-electron chi connectivity index (χ4n) is 3.12. The monoisotopic (exact) mass is 352 g/mol. The van der Waals surface area contributed by atoms with E-state index >= 15 is 0 Å². The number of nitrogens with zero attached hydrogens (tertiary/aromatic N) is 2. The second kappa shape index (κ2) is 8.56. The molecule has 2 aromatic rings. The molecule has 6 heteroatoms. The van der Waals surface area contributed by atoms with Crippen LogP contribution in [0.15, 0.2) is 36.7 Å². The van der Waals surface area contributed by atoms with Gasteiger partial charge in [0.25, 0.3) is 5.91 Å². The Morgan fingerprint density at radius 2 is 1.54 bits per heavy atom. The lowest BCUT2D eigenvalue weighted by molar-refractivity contribution is 0.0932. The van der Waals surface area contributed by atoms with Crippen molar-refractivity contribution in [2.75, 3.05) is 5.32 Å². The third kappa shape index (κ3) is 4.88. The van der Waals surface area contributed by atoms with Gasteiger partial charge in [0.2, 0.25) is 5.95 Å². The zero-order chi connectivity index (χ0) is 18.4. The molecule has 1 aromatic heterocycles. The van der Waals surface area contributed by atoms with Crippen LogP contribution in [0.1, 0.15) is 66.2 Å². The average molecular weight is 352 g/mol. The highest BCUT2D eigenvalue weighted by Gasteiger charge is 2.16. The van der Waals surface area contributed by atoms with Crippen molar-refractivity contribution in [3.05, 3.63) is 47.8 Å². The summed E-state index contributed by atoms with van der Waals surface area (Å²) < 4.78 is 0. The summed E-state index contributed by atoms with van der Waals surface area (Å²) in [5.74, 6) is 0.317. The van der Waals surface area contributed by atoms with E-state index in [9.17, 15) is 9.59 Å². The molecule has 6 nitrogen and oxygen atoms in total. The zero-order valence-electron chi connectivity index (χ0n) is 15.0. The normalized spacial score (nSPS) is 15.1. The Bertz CT molecular complexity index is 748. The number of carbonyl (C=O) groups excluding carboxylic acids is 2. The van der Waals surface area contributed by atoms with Crippen LogP contribution >= 0.6 is 0 Å². The van der Waals surface area contributed by atoms with Crippen molar-refractivity contribution in [3.63, 3.8) is 0 Å². The van der Waals surface area contributed by atoms with Crippen molar-refractivity contribution >= 4 is 23.3 Å². The van der Waals surface area contributed by atoms with Gasteiger partial charge in [-0.05, 0) is 44.0 Å². The van der Waals surface area contributed by atoms with Crippen LogP contribution in [0.4, 0.5) is 11.6 Å². The third-order valence-corrected chi connectivity index (χ3v) is 4.65. The van der Waals surface area contributed by atoms with Gasteiger partial charge in [0.15, 0.2) is 5.78 Å². The number of hydrogen-bond acceptors (Lipinski definition) is 5. The molecule has 0 saturated heterocycles.